The van der Waals surface area contributed by atoms with Crippen molar-refractivity contribution in [2.75, 3.05) is 19.7 Å². The molecule has 0 aromatic heterocycles. The van der Waals surface area contributed by atoms with Crippen LogP contribution in [0.3, 0.4) is 0 Å². The highest BCUT2D eigenvalue weighted by molar-refractivity contribution is 5.40. The molecule has 0 radical (unpaired) electrons. The molecule has 4 rings (SSSR count). The molecule has 1 saturated heterocycles. The molecule has 3 atom stereocenters. The van der Waals surface area contributed by atoms with Crippen LogP contribution in [-0.4, -0.2) is 29.7 Å². The minimum Gasteiger partial charge on any atom is -0.396 e. The number of fused-ring (bicyclic) bond motifs is 1. The predicted molar refractivity (Wildman–Crippen MR) is 83.9 cm³/mol. The number of benzene rings is 2. The molecule has 0 bridgehead atoms. The van der Waals surface area contributed by atoms with E-state index in [-0.39, 0.29) is 5.41 Å². The van der Waals surface area contributed by atoms with E-state index in [9.17, 15) is 5.11 Å². The molecule has 3 unspecified atom stereocenters. The summed E-state index contributed by atoms with van der Waals surface area (Å²) in [5, 5.41) is 9.70. The third-order valence-electron chi connectivity index (χ3n) is 5.40. The zero-order chi connectivity index (χ0) is 14.3. The Kier molecular flexibility index (Phi) is 3.09. The molecule has 2 heteroatoms. The van der Waals surface area contributed by atoms with Crippen LogP contribution in [0.25, 0.3) is 0 Å². The topological polar surface area (TPSA) is 23.5 Å². The zero-order valence-electron chi connectivity index (χ0n) is 12.2. The van der Waals surface area contributed by atoms with Gasteiger partial charge in [0, 0.05) is 31.7 Å². The summed E-state index contributed by atoms with van der Waals surface area (Å²) in [4.78, 5) is 2.54. The van der Waals surface area contributed by atoms with Crippen molar-refractivity contribution in [2.45, 2.75) is 12.0 Å². The Hall–Kier alpha value is -1.64. The molecule has 2 aromatic rings. The molecular formula is C19H21NO. The van der Waals surface area contributed by atoms with Gasteiger partial charge in [-0.15, -0.1) is 0 Å². The molecule has 108 valence electrons. The van der Waals surface area contributed by atoms with E-state index in [0.717, 1.165) is 19.6 Å². The fraction of sp³-hybridized carbons (Fsp3) is 0.368. The van der Waals surface area contributed by atoms with Crippen LogP contribution in [0.5, 0.6) is 0 Å². The van der Waals surface area contributed by atoms with E-state index < -0.39 is 0 Å². The maximum absolute atomic E-state index is 9.70. The maximum Gasteiger partial charge on any atom is 0.0471 e. The Balaban J connectivity index is 1.55. The van der Waals surface area contributed by atoms with Crippen LogP contribution < -0.4 is 0 Å². The average Bonchev–Trinajstić information content (AvgIpc) is 2.99. The van der Waals surface area contributed by atoms with Gasteiger partial charge in [-0.05, 0) is 23.0 Å². The number of hydrogen-bond donors (Lipinski definition) is 1. The van der Waals surface area contributed by atoms with Gasteiger partial charge in [-0.1, -0.05) is 60.7 Å². The molecular weight excluding hydrogens is 258 g/mol. The molecule has 0 spiro atoms. The Labute approximate surface area is 126 Å². The number of piperidine rings is 1. The normalized spacial score (nSPS) is 31.1. The van der Waals surface area contributed by atoms with Crippen LogP contribution in [0.2, 0.25) is 0 Å². The van der Waals surface area contributed by atoms with Crippen molar-refractivity contribution in [2.24, 2.45) is 11.8 Å². The second-order valence-electron chi connectivity index (χ2n) is 6.46. The van der Waals surface area contributed by atoms with Gasteiger partial charge in [-0.3, -0.25) is 4.90 Å². The molecule has 1 saturated carbocycles. The summed E-state index contributed by atoms with van der Waals surface area (Å²) < 4.78 is 0. The van der Waals surface area contributed by atoms with Crippen LogP contribution in [0.1, 0.15) is 11.1 Å². The van der Waals surface area contributed by atoms with Gasteiger partial charge in [0.2, 0.25) is 0 Å². The fourth-order valence-corrected chi connectivity index (χ4v) is 4.36. The van der Waals surface area contributed by atoms with Crippen LogP contribution in [0, 0.1) is 11.8 Å². The van der Waals surface area contributed by atoms with Gasteiger partial charge >= 0.3 is 0 Å². The third kappa shape index (κ3) is 2.02. The monoisotopic (exact) mass is 279 g/mol. The van der Waals surface area contributed by atoms with Crippen LogP contribution in [-0.2, 0) is 12.0 Å². The molecule has 2 aliphatic rings. The summed E-state index contributed by atoms with van der Waals surface area (Å²) in [6.07, 6.45) is 0. The predicted octanol–water partition coefficient (Wildman–Crippen LogP) is 2.68. The van der Waals surface area contributed by atoms with Crippen molar-refractivity contribution >= 4 is 0 Å². The van der Waals surface area contributed by atoms with Crippen molar-refractivity contribution in [3.63, 3.8) is 0 Å². The maximum atomic E-state index is 9.70. The third-order valence-corrected chi connectivity index (χ3v) is 5.40. The first-order chi connectivity index (χ1) is 10.3. The van der Waals surface area contributed by atoms with Gasteiger partial charge in [-0.25, -0.2) is 0 Å². The molecule has 21 heavy (non-hydrogen) atoms. The molecule has 1 aliphatic heterocycles. The van der Waals surface area contributed by atoms with Crippen LogP contribution in [0.4, 0.5) is 0 Å². The second-order valence-corrected chi connectivity index (χ2v) is 6.46. The van der Waals surface area contributed by atoms with E-state index in [1.54, 1.807) is 0 Å². The number of likely N-dealkylation sites (tertiary alicyclic amines) is 1. The van der Waals surface area contributed by atoms with Gasteiger partial charge in [0.1, 0.15) is 0 Å². The number of aliphatic hydroxyl groups excluding tert-OH is 1. The van der Waals surface area contributed by atoms with Gasteiger partial charge in [0.15, 0.2) is 0 Å². The Bertz CT molecular complexity index is 612. The van der Waals surface area contributed by atoms with Crippen molar-refractivity contribution in [3.05, 3.63) is 71.8 Å². The van der Waals surface area contributed by atoms with E-state index in [1.807, 2.05) is 0 Å². The summed E-state index contributed by atoms with van der Waals surface area (Å²) in [6, 6.07) is 21.4. The van der Waals surface area contributed by atoms with Gasteiger partial charge in [0.05, 0.1) is 0 Å². The molecule has 2 nitrogen and oxygen atoms in total. The molecule has 1 N–H and O–H groups in total. The first kappa shape index (κ1) is 13.1. The number of hydrogen-bond acceptors (Lipinski definition) is 2. The highest BCUT2D eigenvalue weighted by Gasteiger charge is 2.68. The van der Waals surface area contributed by atoms with Gasteiger partial charge in [0.25, 0.3) is 0 Å². The lowest BCUT2D eigenvalue weighted by molar-refractivity contribution is 0.210. The summed E-state index contributed by atoms with van der Waals surface area (Å²) in [5.74, 6) is 1.07. The lowest BCUT2D eigenvalue weighted by Gasteiger charge is -2.23. The van der Waals surface area contributed by atoms with Gasteiger partial charge < -0.3 is 5.11 Å². The Morgan fingerprint density at radius 2 is 1.67 bits per heavy atom. The number of rotatable bonds is 4. The Morgan fingerprint density at radius 1 is 1.00 bits per heavy atom. The molecule has 2 fully saturated rings. The van der Waals surface area contributed by atoms with Crippen molar-refractivity contribution in [1.82, 2.24) is 4.90 Å². The fourth-order valence-electron chi connectivity index (χ4n) is 4.36. The summed E-state index contributed by atoms with van der Waals surface area (Å²) in [7, 11) is 0. The van der Waals surface area contributed by atoms with E-state index in [4.69, 9.17) is 0 Å². The first-order valence-corrected chi connectivity index (χ1v) is 7.77. The van der Waals surface area contributed by atoms with E-state index >= 15 is 0 Å². The second kappa shape index (κ2) is 4.97. The van der Waals surface area contributed by atoms with Gasteiger partial charge in [-0.2, -0.15) is 0 Å². The standard InChI is InChI=1S/C19H21NO/c21-13-18-17-12-20(11-15-7-3-1-4-8-15)14-19(17,18)16-9-5-2-6-10-16/h1-10,17-18,21H,11-14H2. The molecule has 0 amide bonds. The summed E-state index contributed by atoms with van der Waals surface area (Å²) in [6.45, 7) is 3.51. The zero-order valence-corrected chi connectivity index (χ0v) is 12.2. The molecule has 1 aliphatic carbocycles. The largest absolute Gasteiger partial charge is 0.396 e. The van der Waals surface area contributed by atoms with Crippen LogP contribution in [0.15, 0.2) is 60.7 Å². The summed E-state index contributed by atoms with van der Waals surface area (Å²) in [5.41, 5.74) is 2.98. The van der Waals surface area contributed by atoms with Crippen molar-refractivity contribution in [3.8, 4) is 0 Å². The Morgan fingerprint density at radius 3 is 2.33 bits per heavy atom. The van der Waals surface area contributed by atoms with E-state index in [0.29, 0.717) is 18.4 Å². The lowest BCUT2D eigenvalue weighted by Crippen LogP contribution is -2.29. The SMILES string of the molecule is OCC1C2CN(Cc3ccccc3)CC12c1ccccc1. The number of nitrogens with zero attached hydrogens (tertiary/aromatic N) is 1. The average molecular weight is 279 g/mol. The smallest absolute Gasteiger partial charge is 0.0471 e. The highest BCUT2D eigenvalue weighted by Crippen LogP contribution is 2.63. The molecule has 1 heterocycles. The quantitative estimate of drug-likeness (QED) is 0.930. The van der Waals surface area contributed by atoms with Crippen molar-refractivity contribution < 1.29 is 5.11 Å². The lowest BCUT2D eigenvalue weighted by atomic mass is 9.93. The first-order valence-electron chi connectivity index (χ1n) is 7.77. The van der Waals surface area contributed by atoms with Crippen molar-refractivity contribution in [1.29, 1.82) is 0 Å². The van der Waals surface area contributed by atoms with Crippen LogP contribution >= 0.6 is 0 Å². The highest BCUT2D eigenvalue weighted by atomic mass is 16.3. The van der Waals surface area contributed by atoms with E-state index in [2.05, 4.69) is 65.6 Å². The minimum atomic E-state index is 0.199. The summed E-state index contributed by atoms with van der Waals surface area (Å²) >= 11 is 0. The molecule has 2 aromatic carbocycles. The number of aliphatic hydroxyl groups is 1. The minimum absolute atomic E-state index is 0.199. The van der Waals surface area contributed by atoms with E-state index in [1.165, 1.54) is 11.1 Å².